The highest BCUT2D eigenvalue weighted by Gasteiger charge is 2.10. The van der Waals surface area contributed by atoms with Crippen molar-refractivity contribution in [2.75, 3.05) is 0 Å². The first-order valence-electron chi connectivity index (χ1n) is 6.15. The summed E-state index contributed by atoms with van der Waals surface area (Å²) in [4.78, 5) is 14.5. The number of nitro groups is 1. The zero-order chi connectivity index (χ0) is 15.6. The zero-order valence-corrected chi connectivity index (χ0v) is 13.0. The molecule has 0 bridgehead atoms. The first-order valence-corrected chi connectivity index (χ1v) is 6.94. The zero-order valence-electron chi connectivity index (χ0n) is 11.5. The maximum absolute atomic E-state index is 11.7. The monoisotopic (exact) mass is 347 g/mol. The van der Waals surface area contributed by atoms with Crippen LogP contribution in [0.5, 0.6) is 5.75 Å². The topological polar surface area (TPSA) is 75.4 Å². The number of hydrogen-bond donors (Lipinski definition) is 0. The highest BCUT2D eigenvalue weighted by Crippen LogP contribution is 2.28. The predicted molar refractivity (Wildman–Crippen MR) is 84.1 cm³/mol. The number of rotatable bonds is 3. The molecular weight excluding hydrogens is 336 g/mol. The van der Waals surface area contributed by atoms with Gasteiger partial charge in [0.1, 0.15) is 0 Å². The summed E-state index contributed by atoms with van der Waals surface area (Å²) in [6, 6.07) is 7.45. The molecule has 0 aliphatic heterocycles. The van der Waals surface area contributed by atoms with Gasteiger partial charge in [0.2, 0.25) is 0 Å². The molecule has 0 saturated carbocycles. The van der Waals surface area contributed by atoms with Gasteiger partial charge in [-0.15, -0.1) is 0 Å². The number of nitrogens with zero attached hydrogens (tertiary/aromatic N) is 2. The Hall–Kier alpha value is -2.21. The van der Waals surface area contributed by atoms with Crippen LogP contribution in [0.1, 0.15) is 16.7 Å². The van der Waals surface area contributed by atoms with Crippen LogP contribution in [0, 0.1) is 24.0 Å². The SMILES string of the molecule is Cc1cc(Br)cc(C)c1/N=C/c1cc([N+](=O)[O-])ccc1[O]. The second kappa shape index (κ2) is 6.05. The molecule has 5 nitrogen and oxygen atoms in total. The van der Waals surface area contributed by atoms with Crippen molar-refractivity contribution in [2.45, 2.75) is 13.8 Å². The molecule has 6 heteroatoms. The fraction of sp³-hybridized carbons (Fsp3) is 0.133. The molecule has 0 N–H and O–H groups in total. The van der Waals surface area contributed by atoms with Crippen LogP contribution in [-0.2, 0) is 5.11 Å². The summed E-state index contributed by atoms with van der Waals surface area (Å²) in [7, 11) is 0. The van der Waals surface area contributed by atoms with E-state index in [-0.39, 0.29) is 17.0 Å². The first kappa shape index (κ1) is 15.2. The second-order valence-corrected chi connectivity index (χ2v) is 5.54. The molecule has 107 valence electrons. The Labute approximate surface area is 130 Å². The van der Waals surface area contributed by atoms with Crippen LogP contribution in [-0.4, -0.2) is 11.1 Å². The molecule has 0 spiro atoms. The van der Waals surface area contributed by atoms with Gasteiger partial charge in [-0.2, -0.15) is 0 Å². The van der Waals surface area contributed by atoms with Gasteiger partial charge < -0.3 is 0 Å². The second-order valence-electron chi connectivity index (χ2n) is 4.63. The van der Waals surface area contributed by atoms with Crippen LogP contribution in [0.2, 0.25) is 0 Å². The van der Waals surface area contributed by atoms with Crippen molar-refractivity contribution in [1.29, 1.82) is 0 Å². The van der Waals surface area contributed by atoms with Gasteiger partial charge in [0.15, 0.2) is 5.75 Å². The van der Waals surface area contributed by atoms with Crippen molar-refractivity contribution in [2.24, 2.45) is 4.99 Å². The lowest BCUT2D eigenvalue weighted by atomic mass is 10.1. The Morgan fingerprint density at radius 1 is 1.19 bits per heavy atom. The maximum atomic E-state index is 11.7. The highest BCUT2D eigenvalue weighted by atomic mass is 79.9. The van der Waals surface area contributed by atoms with E-state index in [1.54, 1.807) is 0 Å². The van der Waals surface area contributed by atoms with Crippen LogP contribution in [0.4, 0.5) is 11.4 Å². The number of non-ortho nitro benzene ring substituents is 1. The van der Waals surface area contributed by atoms with Crippen LogP contribution < -0.4 is 0 Å². The van der Waals surface area contributed by atoms with Gasteiger partial charge in [-0.25, -0.2) is 0 Å². The molecule has 0 atom stereocenters. The van der Waals surface area contributed by atoms with Crippen molar-refractivity contribution in [3.05, 3.63) is 61.6 Å². The molecule has 0 aliphatic rings. The number of nitro benzene ring substituents is 1. The minimum Gasteiger partial charge on any atom is -0.289 e. The molecule has 0 unspecified atom stereocenters. The van der Waals surface area contributed by atoms with E-state index in [0.717, 1.165) is 21.3 Å². The van der Waals surface area contributed by atoms with E-state index in [1.807, 2.05) is 26.0 Å². The van der Waals surface area contributed by atoms with E-state index < -0.39 is 4.92 Å². The van der Waals surface area contributed by atoms with Crippen molar-refractivity contribution < 1.29 is 10.0 Å². The summed E-state index contributed by atoms with van der Waals surface area (Å²) in [5.41, 5.74) is 2.74. The summed E-state index contributed by atoms with van der Waals surface area (Å²) in [5.74, 6) is -0.295. The van der Waals surface area contributed by atoms with Crippen molar-refractivity contribution in [3.8, 4) is 5.75 Å². The molecule has 0 aromatic heterocycles. The number of aryl methyl sites for hydroxylation is 2. The molecule has 21 heavy (non-hydrogen) atoms. The molecule has 0 aliphatic carbocycles. The Morgan fingerprint density at radius 2 is 1.81 bits per heavy atom. The number of hydrogen-bond acceptors (Lipinski definition) is 3. The molecule has 2 aromatic carbocycles. The van der Waals surface area contributed by atoms with Crippen LogP contribution in [0.3, 0.4) is 0 Å². The number of aliphatic imine (C=N–C) groups is 1. The van der Waals surface area contributed by atoms with Gasteiger partial charge in [0, 0.05) is 28.4 Å². The van der Waals surface area contributed by atoms with Gasteiger partial charge in [-0.3, -0.25) is 20.2 Å². The highest BCUT2D eigenvalue weighted by molar-refractivity contribution is 9.10. The Morgan fingerprint density at radius 3 is 2.38 bits per heavy atom. The van der Waals surface area contributed by atoms with Gasteiger partial charge >= 0.3 is 0 Å². The smallest absolute Gasteiger partial charge is 0.270 e. The van der Waals surface area contributed by atoms with Gasteiger partial charge in [0.25, 0.3) is 5.69 Å². The third-order valence-corrected chi connectivity index (χ3v) is 3.45. The van der Waals surface area contributed by atoms with E-state index in [0.29, 0.717) is 0 Å². The van der Waals surface area contributed by atoms with Crippen molar-refractivity contribution >= 4 is 33.5 Å². The Balaban J connectivity index is 2.42. The normalized spacial score (nSPS) is 11.0. The van der Waals surface area contributed by atoms with Crippen LogP contribution in [0.15, 0.2) is 39.8 Å². The maximum Gasteiger partial charge on any atom is 0.270 e. The number of halogens is 1. The average molecular weight is 348 g/mol. The molecule has 2 aromatic rings. The molecule has 0 amide bonds. The molecule has 0 saturated heterocycles. The Bertz CT molecular complexity index is 719. The number of benzene rings is 2. The standard InChI is InChI=1S/C15H12BrN2O3/c1-9-5-12(16)6-10(2)15(9)17-8-11-7-13(18(20)21)3-4-14(11)19/h3-8H,1-2H3/b17-8+. The van der Waals surface area contributed by atoms with E-state index in [4.69, 9.17) is 0 Å². The van der Waals surface area contributed by atoms with Gasteiger partial charge in [-0.1, -0.05) is 15.9 Å². The van der Waals surface area contributed by atoms with Gasteiger partial charge in [-0.05, 0) is 43.2 Å². The van der Waals surface area contributed by atoms with Crippen LogP contribution >= 0.6 is 15.9 Å². The van der Waals surface area contributed by atoms with E-state index in [9.17, 15) is 15.2 Å². The van der Waals surface area contributed by atoms with Gasteiger partial charge in [0.05, 0.1) is 10.6 Å². The fourth-order valence-corrected chi connectivity index (χ4v) is 2.68. The fourth-order valence-electron chi connectivity index (χ4n) is 1.99. The lowest BCUT2D eigenvalue weighted by Crippen LogP contribution is -1.90. The third-order valence-electron chi connectivity index (χ3n) is 2.99. The largest absolute Gasteiger partial charge is 0.289 e. The van der Waals surface area contributed by atoms with E-state index in [2.05, 4.69) is 20.9 Å². The lowest BCUT2D eigenvalue weighted by molar-refractivity contribution is -0.384. The minimum atomic E-state index is -0.535. The summed E-state index contributed by atoms with van der Waals surface area (Å²) in [6.45, 7) is 3.83. The quantitative estimate of drug-likeness (QED) is 0.451. The molecular formula is C15H12BrN2O3. The van der Waals surface area contributed by atoms with Crippen molar-refractivity contribution in [1.82, 2.24) is 0 Å². The summed E-state index contributed by atoms with van der Waals surface area (Å²) >= 11 is 3.40. The molecule has 0 fully saturated rings. The van der Waals surface area contributed by atoms with E-state index >= 15 is 0 Å². The van der Waals surface area contributed by atoms with Crippen LogP contribution in [0.25, 0.3) is 0 Å². The first-order chi connectivity index (χ1) is 9.88. The summed E-state index contributed by atoms with van der Waals surface area (Å²) in [6.07, 6.45) is 1.37. The minimum absolute atomic E-state index is 0.125. The average Bonchev–Trinajstić information content (AvgIpc) is 2.39. The summed E-state index contributed by atoms with van der Waals surface area (Å²) < 4.78 is 0.955. The predicted octanol–water partition coefficient (Wildman–Crippen LogP) is 4.87. The lowest BCUT2D eigenvalue weighted by Gasteiger charge is -2.05. The molecule has 1 radical (unpaired) electrons. The third kappa shape index (κ3) is 3.46. The Kier molecular flexibility index (Phi) is 4.37. The van der Waals surface area contributed by atoms with Crippen molar-refractivity contribution in [3.63, 3.8) is 0 Å². The van der Waals surface area contributed by atoms with E-state index in [1.165, 1.54) is 24.4 Å². The molecule has 0 heterocycles. The molecule has 2 rings (SSSR count). The summed E-state index contributed by atoms with van der Waals surface area (Å²) in [5, 5.41) is 22.5.